The van der Waals surface area contributed by atoms with Gasteiger partial charge in [-0.2, -0.15) is 0 Å². The van der Waals surface area contributed by atoms with Crippen molar-refractivity contribution in [1.82, 2.24) is 4.90 Å². The van der Waals surface area contributed by atoms with E-state index < -0.39 is 0 Å². The van der Waals surface area contributed by atoms with Crippen molar-refractivity contribution >= 4 is 73.7 Å². The Morgan fingerprint density at radius 2 is 1.88 bits per heavy atom. The molecule has 4 rings (SSSR count). The number of ether oxygens (including phenoxy) is 1. The average Bonchev–Trinajstić information content (AvgIpc) is 3.09. The van der Waals surface area contributed by atoms with E-state index in [1.807, 2.05) is 37.3 Å². The van der Waals surface area contributed by atoms with E-state index in [1.165, 1.54) is 23.9 Å². The Kier molecular flexibility index (Phi) is 7.99. The molecular weight excluding hydrogens is 562 g/mol. The molecule has 1 fully saturated rings. The smallest absolute Gasteiger partial charge is 0.266 e. The van der Waals surface area contributed by atoms with Gasteiger partial charge in [0.1, 0.15) is 18.2 Å². The van der Waals surface area contributed by atoms with Crippen LogP contribution in [0.3, 0.4) is 0 Å². The average molecular weight is 580 g/mol. The van der Waals surface area contributed by atoms with Crippen LogP contribution in [0.15, 0.2) is 75.0 Å². The Morgan fingerprint density at radius 3 is 2.56 bits per heavy atom. The fraction of sp³-hybridized carbons (Fsp3) is 0.120. The number of hydrogen-bond acceptors (Lipinski definition) is 4. The van der Waals surface area contributed by atoms with Gasteiger partial charge in [-0.05, 0) is 94.8 Å². The van der Waals surface area contributed by atoms with Crippen LogP contribution in [0.4, 0.5) is 10.1 Å². The highest BCUT2D eigenvalue weighted by atomic mass is 79.9. The predicted octanol–water partition coefficient (Wildman–Crippen LogP) is 8.10. The maximum atomic E-state index is 13.2. The zero-order chi connectivity index (χ0) is 24.2. The Hall–Kier alpha value is -2.32. The molecule has 1 saturated heterocycles. The maximum absolute atomic E-state index is 13.2. The van der Waals surface area contributed by atoms with E-state index >= 15 is 0 Å². The van der Waals surface area contributed by atoms with Crippen molar-refractivity contribution in [3.05, 3.63) is 97.0 Å². The second-order valence-corrected chi connectivity index (χ2v) is 9.95. The number of amidine groups is 1. The van der Waals surface area contributed by atoms with Crippen LogP contribution in [0.25, 0.3) is 6.08 Å². The van der Waals surface area contributed by atoms with Crippen LogP contribution in [-0.2, 0) is 11.4 Å². The highest BCUT2D eigenvalue weighted by molar-refractivity contribution is 9.10. The van der Waals surface area contributed by atoms with Crippen LogP contribution < -0.4 is 4.74 Å². The van der Waals surface area contributed by atoms with Crippen molar-refractivity contribution in [3.8, 4) is 5.75 Å². The molecular formula is C25H18BrCl2FN2O2S. The molecule has 3 aromatic carbocycles. The number of thioether (sulfide) groups is 1. The fourth-order valence-corrected chi connectivity index (χ4v) is 5.20. The Bertz CT molecular complexity index is 1300. The molecule has 0 atom stereocenters. The molecule has 34 heavy (non-hydrogen) atoms. The lowest BCUT2D eigenvalue weighted by Crippen LogP contribution is -2.28. The molecule has 0 N–H and O–H groups in total. The van der Waals surface area contributed by atoms with Crippen LogP contribution in [0.2, 0.25) is 10.0 Å². The fourth-order valence-electron chi connectivity index (χ4n) is 3.17. The molecule has 4 nitrogen and oxygen atoms in total. The molecule has 0 bridgehead atoms. The van der Waals surface area contributed by atoms with Crippen molar-refractivity contribution in [2.75, 3.05) is 6.54 Å². The van der Waals surface area contributed by atoms with Crippen LogP contribution in [0.1, 0.15) is 18.1 Å². The molecule has 0 spiro atoms. The first-order valence-electron chi connectivity index (χ1n) is 10.3. The molecule has 0 aromatic heterocycles. The summed E-state index contributed by atoms with van der Waals surface area (Å²) in [5.74, 6) is 0.191. The van der Waals surface area contributed by atoms with Gasteiger partial charge in [-0.3, -0.25) is 9.69 Å². The second-order valence-electron chi connectivity index (χ2n) is 7.25. The molecule has 3 aromatic rings. The van der Waals surface area contributed by atoms with Gasteiger partial charge < -0.3 is 4.74 Å². The second kappa shape index (κ2) is 11.0. The first-order valence-corrected chi connectivity index (χ1v) is 12.6. The number of aliphatic imine (C=N–C) groups is 1. The van der Waals surface area contributed by atoms with E-state index in [-0.39, 0.29) is 18.3 Å². The number of amides is 1. The quantitative estimate of drug-likeness (QED) is 0.277. The molecule has 174 valence electrons. The number of likely N-dealkylation sites (N-methyl/N-ethyl adjacent to an activating group) is 1. The molecule has 0 unspecified atom stereocenters. The van der Waals surface area contributed by atoms with Crippen molar-refractivity contribution < 1.29 is 13.9 Å². The zero-order valence-electron chi connectivity index (χ0n) is 17.9. The van der Waals surface area contributed by atoms with Crippen molar-refractivity contribution in [2.45, 2.75) is 13.5 Å². The lowest BCUT2D eigenvalue weighted by Gasteiger charge is -2.12. The van der Waals surface area contributed by atoms with Crippen LogP contribution >= 0.6 is 50.9 Å². The number of carbonyl (C=O) groups is 1. The van der Waals surface area contributed by atoms with E-state index in [4.69, 9.17) is 27.9 Å². The van der Waals surface area contributed by atoms with Crippen molar-refractivity contribution in [2.24, 2.45) is 4.99 Å². The summed E-state index contributed by atoms with van der Waals surface area (Å²) in [6.07, 6.45) is 1.81. The molecule has 1 aliphatic rings. The summed E-state index contributed by atoms with van der Waals surface area (Å²) in [7, 11) is 0. The minimum absolute atomic E-state index is 0.123. The third-order valence-corrected chi connectivity index (χ3v) is 7.12. The van der Waals surface area contributed by atoms with Crippen LogP contribution in [-0.4, -0.2) is 22.5 Å². The van der Waals surface area contributed by atoms with Crippen molar-refractivity contribution in [1.29, 1.82) is 0 Å². The Labute approximate surface area is 219 Å². The van der Waals surface area contributed by atoms with Gasteiger partial charge in [-0.1, -0.05) is 35.3 Å². The lowest BCUT2D eigenvalue weighted by molar-refractivity contribution is -0.122. The molecule has 0 saturated carbocycles. The maximum Gasteiger partial charge on any atom is 0.266 e. The third-order valence-electron chi connectivity index (χ3n) is 4.91. The molecule has 1 heterocycles. The zero-order valence-corrected chi connectivity index (χ0v) is 21.8. The molecule has 0 radical (unpaired) electrons. The van der Waals surface area contributed by atoms with Gasteiger partial charge in [0.25, 0.3) is 5.91 Å². The number of nitrogens with zero attached hydrogens (tertiary/aromatic N) is 2. The summed E-state index contributed by atoms with van der Waals surface area (Å²) in [6, 6.07) is 16.7. The Morgan fingerprint density at radius 1 is 1.12 bits per heavy atom. The highest BCUT2D eigenvalue weighted by Crippen LogP contribution is 2.35. The minimum Gasteiger partial charge on any atom is -0.488 e. The number of hydrogen-bond donors (Lipinski definition) is 0. The van der Waals surface area contributed by atoms with Crippen molar-refractivity contribution in [3.63, 3.8) is 0 Å². The topological polar surface area (TPSA) is 41.9 Å². The van der Waals surface area contributed by atoms with Gasteiger partial charge in [0.05, 0.1) is 15.1 Å². The van der Waals surface area contributed by atoms with Gasteiger partial charge in [0.15, 0.2) is 5.17 Å². The van der Waals surface area contributed by atoms with E-state index in [1.54, 1.807) is 29.2 Å². The Balaban J connectivity index is 1.51. The standard InChI is InChI=1S/C25H18BrCl2FN2O2S/c1-2-31-24(32)23(34-25(31)30-19-8-6-18(29)7-9-19)12-15-3-10-22(20(26)11-15)33-14-16-4-5-17(27)13-21(16)28/h3-13H,2,14H2,1H3/b23-12+,30-25?. The lowest BCUT2D eigenvalue weighted by atomic mass is 10.2. The summed E-state index contributed by atoms with van der Waals surface area (Å²) >= 11 is 17.0. The third kappa shape index (κ3) is 5.84. The van der Waals surface area contributed by atoms with Gasteiger partial charge in [-0.25, -0.2) is 9.38 Å². The molecule has 1 aliphatic heterocycles. The first-order chi connectivity index (χ1) is 16.3. The van der Waals surface area contributed by atoms with Crippen LogP contribution in [0.5, 0.6) is 5.75 Å². The van der Waals surface area contributed by atoms with Gasteiger partial charge >= 0.3 is 0 Å². The minimum atomic E-state index is -0.332. The van der Waals surface area contributed by atoms with Gasteiger partial charge in [0, 0.05) is 22.2 Å². The molecule has 1 amide bonds. The number of halogens is 4. The predicted molar refractivity (Wildman–Crippen MR) is 141 cm³/mol. The summed E-state index contributed by atoms with van der Waals surface area (Å²) in [5, 5.41) is 1.67. The SMILES string of the molecule is CCN1C(=O)/C(=C\c2ccc(OCc3ccc(Cl)cc3Cl)c(Br)c2)SC1=Nc1ccc(F)cc1. The summed E-state index contributed by atoms with van der Waals surface area (Å²) in [4.78, 5) is 19.6. The number of benzene rings is 3. The normalized spacial score (nSPS) is 16.0. The van der Waals surface area contributed by atoms with Gasteiger partial charge in [0.2, 0.25) is 0 Å². The highest BCUT2D eigenvalue weighted by Gasteiger charge is 2.32. The number of carbonyl (C=O) groups excluding carboxylic acids is 1. The van der Waals surface area contributed by atoms with E-state index in [0.717, 1.165) is 15.6 Å². The summed E-state index contributed by atoms with van der Waals surface area (Å²) in [5.41, 5.74) is 2.24. The van der Waals surface area contributed by atoms with E-state index in [0.29, 0.717) is 38.1 Å². The molecule has 0 aliphatic carbocycles. The van der Waals surface area contributed by atoms with Crippen LogP contribution in [0, 0.1) is 5.82 Å². The summed E-state index contributed by atoms with van der Waals surface area (Å²) < 4.78 is 19.8. The first kappa shape index (κ1) is 24.8. The van der Waals surface area contributed by atoms with E-state index in [2.05, 4.69) is 20.9 Å². The number of rotatable bonds is 6. The largest absolute Gasteiger partial charge is 0.488 e. The summed E-state index contributed by atoms with van der Waals surface area (Å²) in [6.45, 7) is 2.65. The van der Waals surface area contributed by atoms with Gasteiger partial charge in [-0.15, -0.1) is 0 Å². The monoisotopic (exact) mass is 578 g/mol. The van der Waals surface area contributed by atoms with E-state index in [9.17, 15) is 9.18 Å². The molecule has 9 heteroatoms.